The molecule has 7 heteroatoms. The maximum atomic E-state index is 13.7. The molecule has 3 aromatic carbocycles. The average Bonchev–Trinajstić information content (AvgIpc) is 2.72. The minimum Gasteiger partial charge on any atom is -0.493 e. The third kappa shape index (κ3) is 4.76. The Balaban J connectivity index is 1.63. The molecule has 0 spiro atoms. The molecule has 0 heterocycles. The Morgan fingerprint density at radius 3 is 2.46 bits per heavy atom. The van der Waals surface area contributed by atoms with Gasteiger partial charge in [0.25, 0.3) is 5.69 Å². The summed E-state index contributed by atoms with van der Waals surface area (Å²) in [5, 5.41) is 13.9. The highest BCUT2D eigenvalue weighted by atomic mass is 19.1. The molecule has 0 saturated carbocycles. The molecule has 144 valence electrons. The van der Waals surface area contributed by atoms with Gasteiger partial charge in [-0.3, -0.25) is 10.1 Å². The van der Waals surface area contributed by atoms with E-state index in [0.29, 0.717) is 23.6 Å². The van der Waals surface area contributed by atoms with Crippen LogP contribution in [0.3, 0.4) is 0 Å². The van der Waals surface area contributed by atoms with E-state index in [1.165, 1.54) is 18.2 Å². The van der Waals surface area contributed by atoms with Gasteiger partial charge in [-0.1, -0.05) is 24.3 Å². The van der Waals surface area contributed by atoms with Crippen molar-refractivity contribution in [2.45, 2.75) is 13.2 Å². The highest BCUT2D eigenvalue weighted by Crippen LogP contribution is 2.29. The molecular formula is C21H19FN2O4. The zero-order valence-corrected chi connectivity index (χ0v) is 15.2. The maximum Gasteiger partial charge on any atom is 0.269 e. The predicted octanol–water partition coefficient (Wildman–Crippen LogP) is 4.93. The Labute approximate surface area is 161 Å². The van der Waals surface area contributed by atoms with Gasteiger partial charge in [0.05, 0.1) is 12.0 Å². The summed E-state index contributed by atoms with van der Waals surface area (Å²) >= 11 is 0. The number of nitro groups is 1. The van der Waals surface area contributed by atoms with Crippen molar-refractivity contribution in [1.82, 2.24) is 0 Å². The molecule has 0 aromatic heterocycles. The van der Waals surface area contributed by atoms with Crippen LogP contribution < -0.4 is 14.8 Å². The normalized spacial score (nSPS) is 10.4. The summed E-state index contributed by atoms with van der Waals surface area (Å²) < 4.78 is 24.8. The molecule has 0 bridgehead atoms. The number of non-ortho nitro benzene ring substituents is 1. The molecule has 0 amide bonds. The van der Waals surface area contributed by atoms with E-state index < -0.39 is 4.92 Å². The second-order valence-electron chi connectivity index (χ2n) is 6.02. The van der Waals surface area contributed by atoms with Gasteiger partial charge < -0.3 is 14.8 Å². The molecule has 6 nitrogen and oxygen atoms in total. The Kier molecular flexibility index (Phi) is 6.06. The molecule has 3 aromatic rings. The first-order chi connectivity index (χ1) is 13.6. The van der Waals surface area contributed by atoms with Gasteiger partial charge in [-0.25, -0.2) is 4.39 Å². The SMILES string of the molecule is COc1cc(CNc2ccc([N+](=O)[O-])cc2)ccc1OCc1ccccc1F. The number of methoxy groups -OCH3 is 1. The molecule has 0 unspecified atom stereocenters. The molecule has 0 aliphatic rings. The number of nitro benzene ring substituents is 1. The number of nitrogens with one attached hydrogen (secondary N) is 1. The van der Waals surface area contributed by atoms with Gasteiger partial charge in [0.1, 0.15) is 12.4 Å². The van der Waals surface area contributed by atoms with Gasteiger partial charge in [-0.15, -0.1) is 0 Å². The largest absolute Gasteiger partial charge is 0.493 e. The van der Waals surface area contributed by atoms with Crippen LogP contribution in [0.5, 0.6) is 11.5 Å². The molecule has 0 radical (unpaired) electrons. The lowest BCUT2D eigenvalue weighted by molar-refractivity contribution is -0.384. The lowest BCUT2D eigenvalue weighted by Gasteiger charge is -2.13. The molecule has 0 fully saturated rings. The van der Waals surface area contributed by atoms with Crippen LogP contribution in [0.2, 0.25) is 0 Å². The van der Waals surface area contributed by atoms with Gasteiger partial charge in [-0.2, -0.15) is 0 Å². The van der Waals surface area contributed by atoms with E-state index in [4.69, 9.17) is 9.47 Å². The number of hydrogen-bond acceptors (Lipinski definition) is 5. The van der Waals surface area contributed by atoms with Crippen LogP contribution in [0, 0.1) is 15.9 Å². The minimum atomic E-state index is -0.436. The molecular weight excluding hydrogens is 363 g/mol. The predicted molar refractivity (Wildman–Crippen MR) is 104 cm³/mol. The van der Waals surface area contributed by atoms with Crippen LogP contribution >= 0.6 is 0 Å². The third-order valence-corrected chi connectivity index (χ3v) is 4.14. The highest BCUT2D eigenvalue weighted by molar-refractivity contribution is 5.50. The number of halogens is 1. The van der Waals surface area contributed by atoms with Gasteiger partial charge in [0.2, 0.25) is 0 Å². The zero-order chi connectivity index (χ0) is 19.9. The van der Waals surface area contributed by atoms with Crippen molar-refractivity contribution in [3.63, 3.8) is 0 Å². The quantitative estimate of drug-likeness (QED) is 0.441. The summed E-state index contributed by atoms with van der Waals surface area (Å²) in [6.45, 7) is 0.602. The van der Waals surface area contributed by atoms with Crippen molar-refractivity contribution in [3.05, 3.63) is 93.8 Å². The van der Waals surface area contributed by atoms with Crippen molar-refractivity contribution in [3.8, 4) is 11.5 Å². The zero-order valence-electron chi connectivity index (χ0n) is 15.2. The van der Waals surface area contributed by atoms with Crippen molar-refractivity contribution >= 4 is 11.4 Å². The second kappa shape index (κ2) is 8.85. The van der Waals surface area contributed by atoms with Crippen molar-refractivity contribution < 1.29 is 18.8 Å². The maximum absolute atomic E-state index is 13.7. The van der Waals surface area contributed by atoms with E-state index >= 15 is 0 Å². The molecule has 1 N–H and O–H groups in total. The Morgan fingerprint density at radius 2 is 1.79 bits per heavy atom. The summed E-state index contributed by atoms with van der Waals surface area (Å²) in [7, 11) is 1.54. The summed E-state index contributed by atoms with van der Waals surface area (Å²) in [6.07, 6.45) is 0. The molecule has 0 saturated heterocycles. The lowest BCUT2D eigenvalue weighted by Crippen LogP contribution is -2.02. The number of nitrogens with zero attached hydrogens (tertiary/aromatic N) is 1. The van der Waals surface area contributed by atoms with Crippen LogP contribution in [0.25, 0.3) is 0 Å². The first kappa shape index (κ1) is 19.2. The number of anilines is 1. The highest BCUT2D eigenvalue weighted by Gasteiger charge is 2.09. The summed E-state index contributed by atoms with van der Waals surface area (Å²) in [6, 6.07) is 18.1. The van der Waals surface area contributed by atoms with E-state index in [2.05, 4.69) is 5.32 Å². The van der Waals surface area contributed by atoms with Gasteiger partial charge in [-0.05, 0) is 35.9 Å². The standard InChI is InChI=1S/C21H19FN2O4/c1-27-21-12-15(13-23-17-7-9-18(10-8-17)24(25)26)6-11-20(21)28-14-16-4-2-3-5-19(16)22/h2-12,23H,13-14H2,1H3. The molecule has 0 atom stereocenters. The number of ether oxygens (including phenoxy) is 2. The van der Waals surface area contributed by atoms with Crippen LogP contribution in [0.1, 0.15) is 11.1 Å². The van der Waals surface area contributed by atoms with Gasteiger partial charge in [0.15, 0.2) is 11.5 Å². The Morgan fingerprint density at radius 1 is 1.04 bits per heavy atom. The lowest BCUT2D eigenvalue weighted by atomic mass is 10.2. The van der Waals surface area contributed by atoms with Gasteiger partial charge >= 0.3 is 0 Å². The molecule has 0 aliphatic carbocycles. The number of benzene rings is 3. The van der Waals surface area contributed by atoms with E-state index in [-0.39, 0.29) is 18.1 Å². The fourth-order valence-electron chi connectivity index (χ4n) is 2.62. The third-order valence-electron chi connectivity index (χ3n) is 4.14. The van der Waals surface area contributed by atoms with E-state index in [9.17, 15) is 14.5 Å². The second-order valence-corrected chi connectivity index (χ2v) is 6.02. The Bertz CT molecular complexity index is 961. The monoisotopic (exact) mass is 382 g/mol. The fraction of sp³-hybridized carbons (Fsp3) is 0.143. The van der Waals surface area contributed by atoms with Crippen molar-refractivity contribution in [1.29, 1.82) is 0 Å². The van der Waals surface area contributed by atoms with Crippen molar-refractivity contribution in [2.24, 2.45) is 0 Å². The van der Waals surface area contributed by atoms with Crippen molar-refractivity contribution in [2.75, 3.05) is 12.4 Å². The minimum absolute atomic E-state index is 0.0450. The van der Waals surface area contributed by atoms with Crippen LogP contribution in [0.4, 0.5) is 15.8 Å². The topological polar surface area (TPSA) is 73.6 Å². The smallest absolute Gasteiger partial charge is 0.269 e. The molecule has 3 rings (SSSR count). The van der Waals surface area contributed by atoms with Crippen LogP contribution in [-0.2, 0) is 13.2 Å². The number of rotatable bonds is 8. The fourth-order valence-corrected chi connectivity index (χ4v) is 2.62. The Hall–Kier alpha value is -3.61. The molecule has 0 aliphatic heterocycles. The summed E-state index contributed by atoms with van der Waals surface area (Å²) in [4.78, 5) is 10.3. The van der Waals surface area contributed by atoms with E-state index in [0.717, 1.165) is 11.3 Å². The first-order valence-electron chi connectivity index (χ1n) is 8.58. The number of hydrogen-bond donors (Lipinski definition) is 1. The first-order valence-corrected chi connectivity index (χ1v) is 8.58. The average molecular weight is 382 g/mol. The van der Waals surface area contributed by atoms with Gasteiger partial charge in [0, 0.05) is 29.9 Å². The molecule has 28 heavy (non-hydrogen) atoms. The van der Waals surface area contributed by atoms with Crippen LogP contribution in [-0.4, -0.2) is 12.0 Å². The van der Waals surface area contributed by atoms with E-state index in [1.807, 2.05) is 12.1 Å². The van der Waals surface area contributed by atoms with Crippen LogP contribution in [0.15, 0.2) is 66.7 Å². The van der Waals surface area contributed by atoms with E-state index in [1.54, 1.807) is 43.5 Å². The summed E-state index contributed by atoms with van der Waals surface area (Å²) in [5.74, 6) is 0.745. The summed E-state index contributed by atoms with van der Waals surface area (Å²) in [5.41, 5.74) is 2.22.